The summed E-state index contributed by atoms with van der Waals surface area (Å²) in [6, 6.07) is 1.52. The van der Waals surface area contributed by atoms with Gasteiger partial charge in [-0.1, -0.05) is 19.3 Å². The standard InChI is InChI=1S/C8H12N2O/c9-6-8(11)10-5-4-7-2-1-3-7/h7H,1-5H2,(H,10,11). The normalized spacial score (nSPS) is 16.6. The van der Waals surface area contributed by atoms with Crippen LogP contribution in [0.4, 0.5) is 0 Å². The Morgan fingerprint density at radius 3 is 2.82 bits per heavy atom. The molecule has 1 fully saturated rings. The molecule has 1 rings (SSSR count). The first kappa shape index (κ1) is 8.06. The van der Waals surface area contributed by atoms with Crippen molar-refractivity contribution in [3.63, 3.8) is 0 Å². The van der Waals surface area contributed by atoms with Gasteiger partial charge in [-0.05, 0) is 12.3 Å². The number of carbonyl (C=O) groups is 1. The van der Waals surface area contributed by atoms with Crippen LogP contribution in [0.25, 0.3) is 0 Å². The molecule has 3 heteroatoms. The van der Waals surface area contributed by atoms with Crippen molar-refractivity contribution in [3.8, 4) is 6.07 Å². The number of rotatable bonds is 3. The van der Waals surface area contributed by atoms with E-state index < -0.39 is 5.91 Å². The minimum absolute atomic E-state index is 0.510. The second-order valence-electron chi connectivity index (χ2n) is 2.95. The Balaban J connectivity index is 1.96. The van der Waals surface area contributed by atoms with Crippen molar-refractivity contribution in [2.75, 3.05) is 6.54 Å². The lowest BCUT2D eigenvalue weighted by atomic mass is 9.83. The van der Waals surface area contributed by atoms with Gasteiger partial charge >= 0.3 is 5.91 Å². The minimum Gasteiger partial charge on any atom is -0.344 e. The summed E-state index contributed by atoms with van der Waals surface area (Å²) >= 11 is 0. The maximum atomic E-state index is 10.4. The van der Waals surface area contributed by atoms with Gasteiger partial charge < -0.3 is 5.32 Å². The first-order valence-corrected chi connectivity index (χ1v) is 4.01. The van der Waals surface area contributed by atoms with E-state index in [1.807, 2.05) is 0 Å². The average Bonchev–Trinajstić information content (AvgIpc) is 1.94. The summed E-state index contributed by atoms with van der Waals surface area (Å²) in [4.78, 5) is 10.4. The van der Waals surface area contributed by atoms with Crippen LogP contribution in [0.5, 0.6) is 0 Å². The Labute approximate surface area is 66.4 Å². The molecule has 0 spiro atoms. The Hall–Kier alpha value is -1.04. The van der Waals surface area contributed by atoms with Crippen molar-refractivity contribution in [1.29, 1.82) is 5.26 Å². The molecule has 60 valence electrons. The number of nitriles is 1. The molecule has 11 heavy (non-hydrogen) atoms. The zero-order chi connectivity index (χ0) is 8.10. The molecule has 1 amide bonds. The van der Waals surface area contributed by atoms with E-state index in [1.54, 1.807) is 0 Å². The zero-order valence-electron chi connectivity index (χ0n) is 6.47. The van der Waals surface area contributed by atoms with E-state index in [0.29, 0.717) is 6.54 Å². The summed E-state index contributed by atoms with van der Waals surface area (Å²) in [7, 11) is 0. The topological polar surface area (TPSA) is 52.9 Å². The third-order valence-corrected chi connectivity index (χ3v) is 2.16. The second kappa shape index (κ2) is 3.97. The first-order chi connectivity index (χ1) is 5.33. The van der Waals surface area contributed by atoms with Crippen molar-refractivity contribution in [3.05, 3.63) is 0 Å². The Morgan fingerprint density at radius 1 is 1.64 bits per heavy atom. The van der Waals surface area contributed by atoms with E-state index in [4.69, 9.17) is 5.26 Å². The molecule has 0 radical (unpaired) electrons. The molecule has 0 saturated heterocycles. The van der Waals surface area contributed by atoms with Gasteiger partial charge in [0.05, 0.1) is 0 Å². The van der Waals surface area contributed by atoms with Crippen LogP contribution in [-0.4, -0.2) is 12.5 Å². The quantitative estimate of drug-likeness (QED) is 0.608. The van der Waals surface area contributed by atoms with Crippen LogP contribution in [0.15, 0.2) is 0 Å². The fraction of sp³-hybridized carbons (Fsp3) is 0.750. The molecule has 0 unspecified atom stereocenters. The van der Waals surface area contributed by atoms with Crippen molar-refractivity contribution < 1.29 is 4.79 Å². The van der Waals surface area contributed by atoms with Gasteiger partial charge in [0.2, 0.25) is 0 Å². The molecular weight excluding hydrogens is 140 g/mol. The summed E-state index contributed by atoms with van der Waals surface area (Å²) in [5.74, 6) is 0.290. The largest absolute Gasteiger partial charge is 0.344 e. The first-order valence-electron chi connectivity index (χ1n) is 4.01. The van der Waals surface area contributed by atoms with E-state index in [2.05, 4.69) is 5.32 Å². The Bertz CT molecular complexity index is 179. The van der Waals surface area contributed by atoms with Crippen molar-refractivity contribution in [2.24, 2.45) is 5.92 Å². The van der Waals surface area contributed by atoms with Crippen LogP contribution >= 0.6 is 0 Å². The van der Waals surface area contributed by atoms with Crippen LogP contribution in [0, 0.1) is 17.2 Å². The number of hydrogen-bond acceptors (Lipinski definition) is 2. The summed E-state index contributed by atoms with van der Waals surface area (Å²) < 4.78 is 0. The van der Waals surface area contributed by atoms with Gasteiger partial charge in [-0.2, -0.15) is 5.26 Å². The van der Waals surface area contributed by atoms with Gasteiger partial charge in [0.15, 0.2) is 6.07 Å². The Morgan fingerprint density at radius 2 is 2.36 bits per heavy atom. The predicted octanol–water partition coefficient (Wildman–Crippen LogP) is 0.816. The van der Waals surface area contributed by atoms with E-state index in [9.17, 15) is 4.79 Å². The second-order valence-corrected chi connectivity index (χ2v) is 2.95. The molecule has 0 aromatic rings. The molecule has 0 atom stereocenters. The van der Waals surface area contributed by atoms with Gasteiger partial charge in [-0.3, -0.25) is 4.79 Å². The highest BCUT2D eigenvalue weighted by molar-refractivity contribution is 5.91. The van der Waals surface area contributed by atoms with Crippen molar-refractivity contribution in [1.82, 2.24) is 5.32 Å². The van der Waals surface area contributed by atoms with Crippen LogP contribution in [-0.2, 0) is 4.79 Å². The molecular formula is C8H12N2O. The molecule has 3 nitrogen and oxygen atoms in total. The fourth-order valence-corrected chi connectivity index (χ4v) is 1.21. The average molecular weight is 152 g/mol. The number of hydrogen-bond donors (Lipinski definition) is 1. The minimum atomic E-state index is -0.510. The highest BCUT2D eigenvalue weighted by Gasteiger charge is 2.16. The highest BCUT2D eigenvalue weighted by atomic mass is 16.1. The molecule has 1 aliphatic carbocycles. The van der Waals surface area contributed by atoms with Crippen molar-refractivity contribution in [2.45, 2.75) is 25.7 Å². The van der Waals surface area contributed by atoms with Gasteiger partial charge in [-0.15, -0.1) is 0 Å². The SMILES string of the molecule is N#CC(=O)NCCC1CCC1. The monoisotopic (exact) mass is 152 g/mol. The van der Waals surface area contributed by atoms with Crippen LogP contribution in [0.1, 0.15) is 25.7 Å². The predicted molar refractivity (Wildman–Crippen MR) is 40.6 cm³/mol. The van der Waals surface area contributed by atoms with Gasteiger partial charge in [0, 0.05) is 6.54 Å². The lowest BCUT2D eigenvalue weighted by Gasteiger charge is -2.24. The third-order valence-electron chi connectivity index (χ3n) is 2.16. The smallest absolute Gasteiger partial charge is 0.322 e. The molecule has 0 heterocycles. The lowest BCUT2D eigenvalue weighted by molar-refractivity contribution is -0.115. The molecule has 1 aliphatic rings. The molecule has 0 aromatic heterocycles. The summed E-state index contributed by atoms with van der Waals surface area (Å²) in [5, 5.41) is 10.6. The van der Waals surface area contributed by atoms with Crippen LogP contribution < -0.4 is 5.32 Å². The van der Waals surface area contributed by atoms with Crippen LogP contribution in [0.3, 0.4) is 0 Å². The van der Waals surface area contributed by atoms with Crippen LogP contribution in [0.2, 0.25) is 0 Å². The van der Waals surface area contributed by atoms with Gasteiger partial charge in [-0.25, -0.2) is 0 Å². The number of nitrogens with zero attached hydrogens (tertiary/aromatic N) is 1. The van der Waals surface area contributed by atoms with E-state index in [0.717, 1.165) is 12.3 Å². The molecule has 0 aromatic carbocycles. The van der Waals surface area contributed by atoms with E-state index >= 15 is 0 Å². The van der Waals surface area contributed by atoms with E-state index in [-0.39, 0.29) is 0 Å². The maximum absolute atomic E-state index is 10.4. The Kier molecular flexibility index (Phi) is 2.91. The number of carbonyl (C=O) groups excluding carboxylic acids is 1. The van der Waals surface area contributed by atoms with Crippen molar-refractivity contribution >= 4 is 5.91 Å². The summed E-state index contributed by atoms with van der Waals surface area (Å²) in [5.41, 5.74) is 0. The molecule has 0 aliphatic heterocycles. The highest BCUT2D eigenvalue weighted by Crippen LogP contribution is 2.28. The number of nitrogens with one attached hydrogen (secondary N) is 1. The molecule has 1 saturated carbocycles. The molecule has 1 N–H and O–H groups in total. The third kappa shape index (κ3) is 2.58. The van der Waals surface area contributed by atoms with Gasteiger partial charge in [0.1, 0.15) is 0 Å². The lowest BCUT2D eigenvalue weighted by Crippen LogP contribution is -2.25. The fourth-order valence-electron chi connectivity index (χ4n) is 1.21. The zero-order valence-corrected chi connectivity index (χ0v) is 6.47. The maximum Gasteiger partial charge on any atom is 0.322 e. The summed E-state index contributed by atoms with van der Waals surface area (Å²) in [6.45, 7) is 0.664. The summed E-state index contributed by atoms with van der Waals surface area (Å²) in [6.07, 6.45) is 4.95. The van der Waals surface area contributed by atoms with Gasteiger partial charge in [0.25, 0.3) is 0 Å². The number of amides is 1. The van der Waals surface area contributed by atoms with E-state index in [1.165, 1.54) is 25.3 Å². The molecule has 0 bridgehead atoms.